The molecule has 0 radical (unpaired) electrons. The molecule has 0 aromatic carbocycles. The molecule has 3 rings (SSSR count). The van der Waals surface area contributed by atoms with Crippen LogP contribution in [0.5, 0.6) is 0 Å². The fourth-order valence-electron chi connectivity index (χ4n) is 2.31. The Morgan fingerprint density at radius 2 is 2.31 bits per heavy atom. The van der Waals surface area contributed by atoms with Gasteiger partial charge in [-0.3, -0.25) is 14.3 Å². The molecule has 134 valence electrons. The zero-order valence-electron chi connectivity index (χ0n) is 14.3. The van der Waals surface area contributed by atoms with E-state index >= 15 is 0 Å². The number of nitrogens with zero attached hydrogens (tertiary/aromatic N) is 4. The zero-order valence-corrected chi connectivity index (χ0v) is 15.1. The van der Waals surface area contributed by atoms with Crippen LogP contribution in [-0.4, -0.2) is 37.5 Å². The van der Waals surface area contributed by atoms with Crippen molar-refractivity contribution in [3.05, 3.63) is 61.3 Å². The maximum Gasteiger partial charge on any atom is 0.233 e. The fraction of sp³-hybridized carbons (Fsp3) is 0.222. The summed E-state index contributed by atoms with van der Waals surface area (Å²) in [6.45, 7) is 6.34. The molecule has 3 aromatic heterocycles. The maximum atomic E-state index is 12.1. The van der Waals surface area contributed by atoms with Crippen molar-refractivity contribution >= 4 is 17.7 Å². The average Bonchev–Trinajstić information content (AvgIpc) is 3.31. The van der Waals surface area contributed by atoms with Crippen molar-refractivity contribution < 1.29 is 9.21 Å². The van der Waals surface area contributed by atoms with Gasteiger partial charge in [0.2, 0.25) is 5.91 Å². The number of rotatable bonds is 8. The van der Waals surface area contributed by atoms with E-state index < -0.39 is 0 Å². The molecular weight excluding hydrogens is 350 g/mol. The second-order valence-electron chi connectivity index (χ2n) is 5.51. The summed E-state index contributed by atoms with van der Waals surface area (Å²) >= 11 is 1.35. The van der Waals surface area contributed by atoms with Crippen LogP contribution in [0.4, 0.5) is 0 Å². The Morgan fingerprint density at radius 1 is 1.42 bits per heavy atom. The van der Waals surface area contributed by atoms with Gasteiger partial charge in [-0.1, -0.05) is 17.8 Å². The van der Waals surface area contributed by atoms with Crippen molar-refractivity contribution in [3.63, 3.8) is 0 Å². The molecule has 8 heteroatoms. The van der Waals surface area contributed by atoms with Crippen LogP contribution in [0.2, 0.25) is 0 Å². The van der Waals surface area contributed by atoms with Gasteiger partial charge in [-0.25, -0.2) is 0 Å². The molecule has 0 aliphatic heterocycles. The van der Waals surface area contributed by atoms with Crippen LogP contribution in [0, 0.1) is 0 Å². The summed E-state index contributed by atoms with van der Waals surface area (Å²) < 4.78 is 7.39. The number of furan rings is 1. The number of carbonyl (C=O) groups is 1. The van der Waals surface area contributed by atoms with Gasteiger partial charge in [-0.15, -0.1) is 16.8 Å². The molecule has 1 N–H and O–H groups in total. The number of carbonyl (C=O) groups excluding carboxylic acids is 1. The molecule has 3 aromatic rings. The molecule has 0 spiro atoms. The van der Waals surface area contributed by atoms with E-state index in [1.165, 1.54) is 11.8 Å². The number of pyridine rings is 1. The van der Waals surface area contributed by atoms with Gasteiger partial charge >= 0.3 is 0 Å². The zero-order chi connectivity index (χ0) is 18.4. The third-order valence-electron chi connectivity index (χ3n) is 3.60. The third-order valence-corrected chi connectivity index (χ3v) is 4.68. The molecule has 0 bridgehead atoms. The molecular formula is C18H19N5O2S. The summed E-state index contributed by atoms with van der Waals surface area (Å²) in [5.74, 6) is 1.38. The lowest BCUT2D eigenvalue weighted by molar-refractivity contribution is -0.120. The highest BCUT2D eigenvalue weighted by atomic mass is 32.2. The Hall–Kier alpha value is -2.87. The first-order chi connectivity index (χ1) is 12.7. The van der Waals surface area contributed by atoms with E-state index in [2.05, 4.69) is 27.1 Å². The highest BCUT2D eigenvalue weighted by Gasteiger charge is 2.21. The van der Waals surface area contributed by atoms with Gasteiger partial charge < -0.3 is 9.73 Å². The second-order valence-corrected chi connectivity index (χ2v) is 6.82. The molecule has 0 aliphatic rings. The number of hydrogen-bond acceptors (Lipinski definition) is 6. The van der Waals surface area contributed by atoms with Gasteiger partial charge in [-0.2, -0.15) is 0 Å². The molecule has 26 heavy (non-hydrogen) atoms. The van der Waals surface area contributed by atoms with Crippen molar-refractivity contribution in [2.24, 2.45) is 0 Å². The van der Waals surface area contributed by atoms with Gasteiger partial charge in [0.25, 0.3) is 0 Å². The first-order valence-corrected chi connectivity index (χ1v) is 8.98. The highest BCUT2D eigenvalue weighted by Crippen LogP contribution is 2.27. The molecule has 1 amide bonds. The van der Waals surface area contributed by atoms with E-state index in [1.807, 2.05) is 35.8 Å². The van der Waals surface area contributed by atoms with E-state index in [0.29, 0.717) is 24.1 Å². The van der Waals surface area contributed by atoms with Crippen LogP contribution in [0.3, 0.4) is 0 Å². The first-order valence-electron chi connectivity index (χ1n) is 8.10. The molecule has 7 nitrogen and oxygen atoms in total. The Kier molecular flexibility index (Phi) is 5.85. The molecule has 0 saturated heterocycles. The summed E-state index contributed by atoms with van der Waals surface area (Å²) in [6, 6.07) is 7.49. The summed E-state index contributed by atoms with van der Waals surface area (Å²) in [7, 11) is 0. The van der Waals surface area contributed by atoms with Crippen molar-refractivity contribution in [2.75, 3.05) is 6.54 Å². The Balaban J connectivity index is 1.88. The van der Waals surface area contributed by atoms with Crippen LogP contribution < -0.4 is 5.32 Å². The van der Waals surface area contributed by atoms with E-state index in [1.54, 1.807) is 24.7 Å². The summed E-state index contributed by atoms with van der Waals surface area (Å²) in [5.41, 5.74) is 0.849. The monoisotopic (exact) mass is 369 g/mol. The molecule has 1 atom stereocenters. The van der Waals surface area contributed by atoms with Crippen molar-refractivity contribution in [3.8, 4) is 11.4 Å². The normalized spacial score (nSPS) is 11.9. The number of thioether (sulfide) groups is 1. The van der Waals surface area contributed by atoms with Crippen molar-refractivity contribution in [1.82, 2.24) is 25.1 Å². The average molecular weight is 369 g/mol. The smallest absolute Gasteiger partial charge is 0.233 e. The molecule has 0 unspecified atom stereocenters. The minimum Gasteiger partial charge on any atom is -0.467 e. The van der Waals surface area contributed by atoms with Crippen LogP contribution in [0.1, 0.15) is 12.7 Å². The lowest BCUT2D eigenvalue weighted by atomic mass is 10.2. The predicted molar refractivity (Wildman–Crippen MR) is 99.6 cm³/mol. The standard InChI is InChI=1S/C18H19N5O2S/c1-3-8-20-17(24)13(2)26-18-22-21-16(14-6-4-9-19-11-14)23(18)12-15-7-5-10-25-15/h3-7,9-11,13H,1,8,12H2,2H3,(H,20,24)/t13-/m1/s1. The molecule has 0 aliphatic carbocycles. The summed E-state index contributed by atoms with van der Waals surface area (Å²) in [6.07, 6.45) is 6.71. The molecule has 0 fully saturated rings. The SMILES string of the molecule is C=CCNC(=O)[C@@H](C)Sc1nnc(-c2cccnc2)n1Cc1ccco1. The minimum atomic E-state index is -0.323. The van der Waals surface area contributed by atoms with Gasteiger partial charge in [0.1, 0.15) is 5.76 Å². The number of aromatic nitrogens is 4. The highest BCUT2D eigenvalue weighted by molar-refractivity contribution is 8.00. The van der Waals surface area contributed by atoms with Gasteiger partial charge in [0.05, 0.1) is 18.1 Å². The fourth-order valence-corrected chi connectivity index (χ4v) is 3.19. The van der Waals surface area contributed by atoms with E-state index in [-0.39, 0.29) is 11.2 Å². The predicted octanol–water partition coefficient (Wildman–Crippen LogP) is 2.76. The lowest BCUT2D eigenvalue weighted by Gasteiger charge is -2.12. The van der Waals surface area contributed by atoms with E-state index in [4.69, 9.17) is 4.42 Å². The van der Waals surface area contributed by atoms with Gasteiger partial charge in [0.15, 0.2) is 11.0 Å². The van der Waals surface area contributed by atoms with Crippen molar-refractivity contribution in [1.29, 1.82) is 0 Å². The first kappa shape index (κ1) is 17.9. The van der Waals surface area contributed by atoms with Crippen molar-refractivity contribution in [2.45, 2.75) is 23.9 Å². The molecule has 3 heterocycles. The maximum absolute atomic E-state index is 12.1. The number of nitrogens with one attached hydrogen (secondary N) is 1. The van der Waals surface area contributed by atoms with E-state index in [9.17, 15) is 4.79 Å². The lowest BCUT2D eigenvalue weighted by Crippen LogP contribution is -2.31. The molecule has 0 saturated carbocycles. The van der Waals surface area contributed by atoms with Gasteiger partial charge in [-0.05, 0) is 31.2 Å². The largest absolute Gasteiger partial charge is 0.467 e. The van der Waals surface area contributed by atoms with Crippen LogP contribution in [0.15, 0.2) is 65.2 Å². The number of amides is 1. The Labute approximate surface area is 155 Å². The Morgan fingerprint density at radius 3 is 3.00 bits per heavy atom. The van der Waals surface area contributed by atoms with Crippen LogP contribution >= 0.6 is 11.8 Å². The summed E-state index contributed by atoms with van der Waals surface area (Å²) in [5, 5.41) is 11.7. The quantitative estimate of drug-likeness (QED) is 0.485. The van der Waals surface area contributed by atoms with Crippen LogP contribution in [-0.2, 0) is 11.3 Å². The summed E-state index contributed by atoms with van der Waals surface area (Å²) in [4.78, 5) is 16.3. The van der Waals surface area contributed by atoms with E-state index in [0.717, 1.165) is 11.3 Å². The second kappa shape index (κ2) is 8.48. The Bertz CT molecular complexity index is 861. The number of hydrogen-bond donors (Lipinski definition) is 1. The topological polar surface area (TPSA) is 85.8 Å². The van der Waals surface area contributed by atoms with Crippen LogP contribution in [0.25, 0.3) is 11.4 Å². The van der Waals surface area contributed by atoms with Gasteiger partial charge in [0, 0.05) is 24.5 Å². The minimum absolute atomic E-state index is 0.0784. The third kappa shape index (κ3) is 4.20.